The quantitative estimate of drug-likeness (QED) is 0.589. The summed E-state index contributed by atoms with van der Waals surface area (Å²) >= 11 is 0. The summed E-state index contributed by atoms with van der Waals surface area (Å²) in [6, 6.07) is 10.9. The fourth-order valence-electron chi connectivity index (χ4n) is 2.14. The first-order valence-electron chi connectivity index (χ1n) is 7.59. The number of hydrogen-bond acceptors (Lipinski definition) is 7. The average Bonchev–Trinajstić information content (AvgIpc) is 3.16. The Bertz CT molecular complexity index is 753. The van der Waals surface area contributed by atoms with E-state index in [0.29, 0.717) is 5.69 Å². The van der Waals surface area contributed by atoms with Crippen molar-refractivity contribution in [2.75, 3.05) is 24.9 Å². The number of ether oxygens (including phenoxy) is 2. The van der Waals surface area contributed by atoms with Crippen LogP contribution in [0.3, 0.4) is 0 Å². The summed E-state index contributed by atoms with van der Waals surface area (Å²) < 4.78 is 14.6. The molecule has 0 fully saturated rings. The first kappa shape index (κ1) is 18.1. The zero-order chi connectivity index (χ0) is 18.2. The van der Waals surface area contributed by atoms with Crippen molar-refractivity contribution in [3.8, 4) is 0 Å². The number of esters is 2. The van der Waals surface area contributed by atoms with Crippen LogP contribution in [0, 0.1) is 0 Å². The number of rotatable bonds is 7. The molecule has 2 rings (SSSR count). The molecule has 0 aliphatic carbocycles. The van der Waals surface area contributed by atoms with Crippen LogP contribution in [0.25, 0.3) is 0 Å². The Morgan fingerprint density at radius 3 is 2.40 bits per heavy atom. The fourth-order valence-corrected chi connectivity index (χ4v) is 2.14. The molecule has 1 aromatic heterocycles. The maximum absolute atomic E-state index is 11.9. The number of anilines is 2. The lowest BCUT2D eigenvalue weighted by Gasteiger charge is -2.18. The van der Waals surface area contributed by atoms with Crippen LogP contribution in [0.5, 0.6) is 0 Å². The molecule has 1 unspecified atom stereocenters. The Kier molecular flexibility index (Phi) is 6.22. The summed E-state index contributed by atoms with van der Waals surface area (Å²) in [5.41, 5.74) is 1.29. The molecule has 2 aromatic rings. The summed E-state index contributed by atoms with van der Waals surface area (Å²) in [7, 11) is 2.46. The highest BCUT2D eigenvalue weighted by Gasteiger charge is 2.16. The van der Waals surface area contributed by atoms with Crippen LogP contribution in [0.1, 0.15) is 18.7 Å². The van der Waals surface area contributed by atoms with E-state index in [1.165, 1.54) is 14.2 Å². The van der Waals surface area contributed by atoms with Crippen molar-refractivity contribution in [2.24, 2.45) is 0 Å². The third-order valence-corrected chi connectivity index (χ3v) is 3.41. The van der Waals surface area contributed by atoms with E-state index in [9.17, 15) is 9.59 Å². The molecule has 7 nitrogen and oxygen atoms in total. The SMILES string of the molecule is COC(=O)/C=C(/Nc1ccccc1NC(C)c1ccco1)C(=O)OC. The van der Waals surface area contributed by atoms with Crippen molar-refractivity contribution < 1.29 is 23.5 Å². The summed E-state index contributed by atoms with van der Waals surface area (Å²) in [6.07, 6.45) is 2.64. The average molecular weight is 344 g/mol. The Balaban J connectivity index is 2.25. The van der Waals surface area contributed by atoms with Crippen molar-refractivity contribution in [2.45, 2.75) is 13.0 Å². The van der Waals surface area contributed by atoms with Crippen molar-refractivity contribution in [1.29, 1.82) is 0 Å². The van der Waals surface area contributed by atoms with Gasteiger partial charge in [-0.05, 0) is 31.2 Å². The molecule has 25 heavy (non-hydrogen) atoms. The lowest BCUT2D eigenvalue weighted by atomic mass is 10.2. The van der Waals surface area contributed by atoms with Crippen LogP contribution in [0.4, 0.5) is 11.4 Å². The van der Waals surface area contributed by atoms with Crippen LogP contribution in [-0.2, 0) is 19.1 Å². The minimum atomic E-state index is -0.681. The van der Waals surface area contributed by atoms with Gasteiger partial charge in [-0.3, -0.25) is 0 Å². The molecule has 0 amide bonds. The lowest BCUT2D eigenvalue weighted by Crippen LogP contribution is -2.16. The molecule has 0 saturated carbocycles. The second-order valence-corrected chi connectivity index (χ2v) is 5.12. The Labute approximate surface area is 145 Å². The molecule has 0 aliphatic heterocycles. The van der Waals surface area contributed by atoms with Gasteiger partial charge in [0.1, 0.15) is 11.5 Å². The second-order valence-electron chi connectivity index (χ2n) is 5.12. The Hall–Kier alpha value is -3.22. The largest absolute Gasteiger partial charge is 0.467 e. The highest BCUT2D eigenvalue weighted by Crippen LogP contribution is 2.27. The van der Waals surface area contributed by atoms with Crippen LogP contribution >= 0.6 is 0 Å². The topological polar surface area (TPSA) is 89.8 Å². The van der Waals surface area contributed by atoms with E-state index < -0.39 is 11.9 Å². The molecular formula is C18H20N2O5. The smallest absolute Gasteiger partial charge is 0.354 e. The van der Waals surface area contributed by atoms with Gasteiger partial charge in [0.2, 0.25) is 0 Å². The van der Waals surface area contributed by atoms with Crippen LogP contribution < -0.4 is 10.6 Å². The zero-order valence-electron chi connectivity index (χ0n) is 14.2. The summed E-state index contributed by atoms with van der Waals surface area (Å²) in [5, 5.41) is 6.20. The molecule has 0 radical (unpaired) electrons. The maximum atomic E-state index is 11.9. The van der Waals surface area contributed by atoms with E-state index in [-0.39, 0.29) is 11.7 Å². The number of carbonyl (C=O) groups is 2. The van der Waals surface area contributed by atoms with Gasteiger partial charge in [-0.1, -0.05) is 12.1 Å². The van der Waals surface area contributed by atoms with E-state index in [4.69, 9.17) is 9.15 Å². The van der Waals surface area contributed by atoms with E-state index in [1.807, 2.05) is 31.2 Å². The normalized spacial score (nSPS) is 12.2. The number of hydrogen-bond donors (Lipinski definition) is 2. The summed E-state index contributed by atoms with van der Waals surface area (Å²) in [5.74, 6) is -0.574. The number of para-hydroxylation sites is 2. The first-order chi connectivity index (χ1) is 12.0. The van der Waals surface area contributed by atoms with E-state index >= 15 is 0 Å². The predicted octanol–water partition coefficient (Wildman–Crippen LogP) is 3.09. The molecule has 0 saturated heterocycles. The summed E-state index contributed by atoms with van der Waals surface area (Å²) in [6.45, 7) is 1.95. The fraction of sp³-hybridized carbons (Fsp3) is 0.222. The minimum absolute atomic E-state index is 0.0331. The van der Waals surface area contributed by atoms with Crippen LogP contribution in [0.15, 0.2) is 58.9 Å². The minimum Gasteiger partial charge on any atom is -0.467 e. The molecular weight excluding hydrogens is 324 g/mol. The zero-order valence-corrected chi connectivity index (χ0v) is 14.2. The van der Waals surface area contributed by atoms with E-state index in [0.717, 1.165) is 17.5 Å². The van der Waals surface area contributed by atoms with Crippen LogP contribution in [0.2, 0.25) is 0 Å². The second kappa shape index (κ2) is 8.58. The van der Waals surface area contributed by atoms with E-state index in [1.54, 1.807) is 18.4 Å². The molecule has 0 aliphatic rings. The van der Waals surface area contributed by atoms with Crippen molar-refractivity contribution >= 4 is 23.3 Å². The Morgan fingerprint density at radius 2 is 1.80 bits per heavy atom. The highest BCUT2D eigenvalue weighted by atomic mass is 16.5. The monoisotopic (exact) mass is 344 g/mol. The van der Waals surface area contributed by atoms with Gasteiger partial charge in [0, 0.05) is 0 Å². The molecule has 1 atom stereocenters. The van der Waals surface area contributed by atoms with Gasteiger partial charge in [-0.15, -0.1) is 0 Å². The molecule has 2 N–H and O–H groups in total. The Morgan fingerprint density at radius 1 is 1.08 bits per heavy atom. The van der Waals surface area contributed by atoms with Crippen molar-refractivity contribution in [3.63, 3.8) is 0 Å². The van der Waals surface area contributed by atoms with Gasteiger partial charge >= 0.3 is 11.9 Å². The molecule has 0 bridgehead atoms. The van der Waals surface area contributed by atoms with Crippen molar-refractivity contribution in [1.82, 2.24) is 0 Å². The summed E-state index contributed by atoms with van der Waals surface area (Å²) in [4.78, 5) is 23.4. The van der Waals surface area contributed by atoms with Gasteiger partial charge in [0.15, 0.2) is 0 Å². The number of furan rings is 1. The van der Waals surface area contributed by atoms with Gasteiger partial charge in [-0.2, -0.15) is 0 Å². The number of nitrogens with one attached hydrogen (secondary N) is 2. The molecule has 7 heteroatoms. The molecule has 1 aromatic carbocycles. The number of methoxy groups -OCH3 is 2. The van der Waals surface area contributed by atoms with Gasteiger partial charge < -0.3 is 24.5 Å². The van der Waals surface area contributed by atoms with Gasteiger partial charge in [0.25, 0.3) is 0 Å². The van der Waals surface area contributed by atoms with Crippen molar-refractivity contribution in [3.05, 3.63) is 60.2 Å². The number of carbonyl (C=O) groups excluding carboxylic acids is 2. The molecule has 1 heterocycles. The molecule has 0 spiro atoms. The third-order valence-electron chi connectivity index (χ3n) is 3.41. The third kappa shape index (κ3) is 4.87. The van der Waals surface area contributed by atoms with Gasteiger partial charge in [0.05, 0.1) is 44.0 Å². The van der Waals surface area contributed by atoms with Crippen LogP contribution in [-0.4, -0.2) is 26.2 Å². The predicted molar refractivity (Wildman–Crippen MR) is 92.9 cm³/mol. The lowest BCUT2D eigenvalue weighted by molar-refractivity contribution is -0.138. The number of benzene rings is 1. The highest BCUT2D eigenvalue weighted by molar-refractivity contribution is 5.99. The molecule has 132 valence electrons. The first-order valence-corrected chi connectivity index (χ1v) is 7.59. The van der Waals surface area contributed by atoms with Gasteiger partial charge in [-0.25, -0.2) is 9.59 Å². The van der Waals surface area contributed by atoms with E-state index in [2.05, 4.69) is 15.4 Å². The maximum Gasteiger partial charge on any atom is 0.354 e. The standard InChI is InChI=1S/C18H20N2O5/c1-12(16-9-6-10-25-16)19-13-7-4-5-8-14(13)20-15(18(22)24-3)11-17(21)23-2/h4-12,19-20H,1-3H3/b15-11+.